The Morgan fingerprint density at radius 1 is 0.891 bits per heavy atom. The zero-order valence-electron chi connectivity index (χ0n) is 25.7. The summed E-state index contributed by atoms with van der Waals surface area (Å²) in [4.78, 5) is 29.7. The summed E-state index contributed by atoms with van der Waals surface area (Å²) in [5.74, 6) is -0.297. The number of hydrogen-bond acceptors (Lipinski definition) is 5. The van der Waals surface area contributed by atoms with Crippen LogP contribution in [0.1, 0.15) is 31.4 Å². The third-order valence-corrected chi connectivity index (χ3v) is 9.71. The van der Waals surface area contributed by atoms with Crippen molar-refractivity contribution in [3.63, 3.8) is 0 Å². The fraction of sp³-hybridized carbons (Fsp3) is 0.257. The topological polar surface area (TPSA) is 96.0 Å². The summed E-state index contributed by atoms with van der Waals surface area (Å²) in [7, 11) is -4.24. The van der Waals surface area contributed by atoms with E-state index < -0.39 is 28.5 Å². The Bertz CT molecular complexity index is 1700. The van der Waals surface area contributed by atoms with E-state index in [0.29, 0.717) is 30.3 Å². The second kappa shape index (κ2) is 16.6. The molecular formula is C35H37BrClN3O5S. The molecule has 1 N–H and O–H groups in total. The summed E-state index contributed by atoms with van der Waals surface area (Å²) in [6.45, 7) is 4.20. The predicted octanol–water partition coefficient (Wildman–Crippen LogP) is 6.86. The number of anilines is 1. The van der Waals surface area contributed by atoms with E-state index in [9.17, 15) is 18.0 Å². The smallest absolute Gasteiger partial charge is 0.264 e. The second-order valence-corrected chi connectivity index (χ2v) is 13.8. The van der Waals surface area contributed by atoms with Gasteiger partial charge in [-0.05, 0) is 85.1 Å². The van der Waals surface area contributed by atoms with Gasteiger partial charge >= 0.3 is 0 Å². The van der Waals surface area contributed by atoms with Crippen molar-refractivity contribution in [1.82, 2.24) is 10.2 Å². The molecule has 8 nitrogen and oxygen atoms in total. The van der Waals surface area contributed by atoms with Crippen LogP contribution in [0.4, 0.5) is 5.69 Å². The molecule has 0 fully saturated rings. The maximum Gasteiger partial charge on any atom is 0.264 e. The molecule has 0 saturated carbocycles. The minimum Gasteiger partial charge on any atom is -0.494 e. The highest BCUT2D eigenvalue weighted by molar-refractivity contribution is 9.10. The van der Waals surface area contributed by atoms with Crippen molar-refractivity contribution in [2.45, 2.75) is 44.2 Å². The SMILES string of the molecule is CCCNC(=O)[C@H](Cc1ccccc1)N(Cc1cccc(Br)c1)C(=O)CN(c1ccc(OCC)cc1)S(=O)(=O)c1ccc(Cl)cc1. The molecule has 46 heavy (non-hydrogen) atoms. The van der Waals surface area contributed by atoms with Crippen LogP contribution in [0, 0.1) is 0 Å². The van der Waals surface area contributed by atoms with E-state index in [1.165, 1.54) is 29.2 Å². The third-order valence-electron chi connectivity index (χ3n) is 7.18. The van der Waals surface area contributed by atoms with Crippen molar-refractivity contribution in [3.05, 3.63) is 124 Å². The van der Waals surface area contributed by atoms with Gasteiger partial charge in [0.25, 0.3) is 10.0 Å². The maximum atomic E-state index is 14.5. The molecule has 0 bridgehead atoms. The van der Waals surface area contributed by atoms with Crippen LogP contribution in [-0.2, 0) is 32.6 Å². The molecule has 0 spiro atoms. The number of nitrogens with zero attached hydrogens (tertiary/aromatic N) is 2. The molecule has 0 saturated heterocycles. The molecule has 0 radical (unpaired) electrons. The Hall–Kier alpha value is -3.86. The van der Waals surface area contributed by atoms with Crippen LogP contribution in [0.3, 0.4) is 0 Å². The van der Waals surface area contributed by atoms with Crippen LogP contribution >= 0.6 is 27.5 Å². The molecule has 0 aliphatic carbocycles. The van der Waals surface area contributed by atoms with Crippen LogP contribution in [-0.4, -0.2) is 50.9 Å². The number of carbonyl (C=O) groups excluding carboxylic acids is 2. The van der Waals surface area contributed by atoms with E-state index in [2.05, 4.69) is 21.2 Å². The van der Waals surface area contributed by atoms with Crippen molar-refractivity contribution in [1.29, 1.82) is 0 Å². The molecule has 4 aromatic carbocycles. The van der Waals surface area contributed by atoms with E-state index in [1.807, 2.05) is 68.4 Å². The zero-order valence-corrected chi connectivity index (χ0v) is 28.9. The lowest BCUT2D eigenvalue weighted by molar-refractivity contribution is -0.140. The first-order chi connectivity index (χ1) is 22.1. The van der Waals surface area contributed by atoms with Crippen LogP contribution in [0.25, 0.3) is 0 Å². The minimum atomic E-state index is -4.24. The quantitative estimate of drug-likeness (QED) is 0.145. The summed E-state index contributed by atoms with van der Waals surface area (Å²) < 4.78 is 35.7. The van der Waals surface area contributed by atoms with Gasteiger partial charge in [-0.25, -0.2) is 8.42 Å². The number of benzene rings is 4. The number of carbonyl (C=O) groups is 2. The highest BCUT2D eigenvalue weighted by atomic mass is 79.9. The van der Waals surface area contributed by atoms with Gasteiger partial charge in [0.1, 0.15) is 18.3 Å². The average molecular weight is 727 g/mol. The van der Waals surface area contributed by atoms with Gasteiger partial charge in [0.2, 0.25) is 11.8 Å². The highest BCUT2D eigenvalue weighted by Gasteiger charge is 2.34. The molecule has 2 amide bonds. The molecule has 1 atom stereocenters. The van der Waals surface area contributed by atoms with Crippen molar-refractivity contribution < 1.29 is 22.7 Å². The Morgan fingerprint density at radius 2 is 1.57 bits per heavy atom. The zero-order chi connectivity index (χ0) is 33.1. The van der Waals surface area contributed by atoms with Gasteiger partial charge in [-0.15, -0.1) is 0 Å². The summed E-state index contributed by atoms with van der Waals surface area (Å²) in [6, 6.07) is 28.3. The van der Waals surface area contributed by atoms with Crippen LogP contribution in [0.5, 0.6) is 5.75 Å². The monoisotopic (exact) mass is 725 g/mol. The van der Waals surface area contributed by atoms with Crippen molar-refractivity contribution in [3.8, 4) is 5.75 Å². The summed E-state index contributed by atoms with van der Waals surface area (Å²) >= 11 is 9.56. The molecule has 0 aliphatic rings. The number of sulfonamides is 1. The van der Waals surface area contributed by atoms with Crippen LogP contribution in [0.2, 0.25) is 5.02 Å². The van der Waals surface area contributed by atoms with Gasteiger partial charge in [0.15, 0.2) is 0 Å². The molecule has 0 aromatic heterocycles. The number of halogens is 2. The molecule has 0 heterocycles. The highest BCUT2D eigenvalue weighted by Crippen LogP contribution is 2.28. The summed E-state index contributed by atoms with van der Waals surface area (Å²) in [5.41, 5.74) is 1.91. The molecule has 4 rings (SSSR count). The molecule has 0 aliphatic heterocycles. The van der Waals surface area contributed by atoms with E-state index in [0.717, 1.165) is 19.9 Å². The molecule has 4 aromatic rings. The fourth-order valence-corrected chi connectivity index (χ4v) is 6.88. The fourth-order valence-electron chi connectivity index (χ4n) is 4.89. The number of hydrogen-bond donors (Lipinski definition) is 1. The molecular weight excluding hydrogens is 690 g/mol. The van der Waals surface area contributed by atoms with Gasteiger partial charge in [-0.2, -0.15) is 0 Å². The first kappa shape index (κ1) is 35.0. The second-order valence-electron chi connectivity index (χ2n) is 10.5. The Kier molecular flexibility index (Phi) is 12.7. The molecule has 0 unspecified atom stereocenters. The third kappa shape index (κ3) is 9.34. The Labute approximate surface area is 284 Å². The van der Waals surface area contributed by atoms with Crippen molar-refractivity contribution in [2.75, 3.05) is 24.0 Å². The van der Waals surface area contributed by atoms with Gasteiger partial charge in [0, 0.05) is 29.0 Å². The standard InChI is InChI=1S/C35H37BrClN3O5S/c1-3-21-38-35(42)33(23-26-9-6-5-7-10-26)39(24-27-11-8-12-28(36)22-27)34(41)25-40(30-15-17-31(18-16-30)45-4-2)46(43,44)32-19-13-29(37)14-20-32/h5-20,22,33H,3-4,21,23-25H2,1-2H3,(H,38,42)/t33-/m0/s1. The molecule has 242 valence electrons. The first-order valence-corrected chi connectivity index (χ1v) is 17.6. The maximum absolute atomic E-state index is 14.5. The predicted molar refractivity (Wildman–Crippen MR) is 186 cm³/mol. The van der Waals surface area contributed by atoms with Gasteiger partial charge in [0.05, 0.1) is 17.2 Å². The van der Waals surface area contributed by atoms with Crippen molar-refractivity contribution >= 4 is 55.1 Å². The van der Waals surface area contributed by atoms with Gasteiger partial charge in [-0.3, -0.25) is 13.9 Å². The lowest BCUT2D eigenvalue weighted by Crippen LogP contribution is -2.53. The number of nitrogens with one attached hydrogen (secondary N) is 1. The number of ether oxygens (including phenoxy) is 1. The number of amides is 2. The average Bonchev–Trinajstić information content (AvgIpc) is 3.05. The lowest BCUT2D eigenvalue weighted by Gasteiger charge is -2.34. The Balaban J connectivity index is 1.79. The van der Waals surface area contributed by atoms with Crippen LogP contribution in [0.15, 0.2) is 112 Å². The van der Waals surface area contributed by atoms with Crippen molar-refractivity contribution in [2.24, 2.45) is 0 Å². The minimum absolute atomic E-state index is 0.0290. The van der Waals surface area contributed by atoms with E-state index in [1.54, 1.807) is 24.3 Å². The normalized spacial score (nSPS) is 11.8. The van der Waals surface area contributed by atoms with E-state index in [4.69, 9.17) is 16.3 Å². The summed E-state index contributed by atoms with van der Waals surface area (Å²) in [5, 5.41) is 3.33. The van der Waals surface area contributed by atoms with E-state index in [-0.39, 0.29) is 29.5 Å². The largest absolute Gasteiger partial charge is 0.494 e. The number of rotatable bonds is 15. The van der Waals surface area contributed by atoms with Gasteiger partial charge in [-0.1, -0.05) is 76.9 Å². The van der Waals surface area contributed by atoms with Gasteiger partial charge < -0.3 is 15.0 Å². The van der Waals surface area contributed by atoms with E-state index >= 15 is 0 Å². The Morgan fingerprint density at radius 3 is 2.20 bits per heavy atom. The summed E-state index contributed by atoms with van der Waals surface area (Å²) in [6.07, 6.45) is 0.956. The lowest BCUT2D eigenvalue weighted by atomic mass is 10.0. The first-order valence-electron chi connectivity index (χ1n) is 15.0. The van der Waals surface area contributed by atoms with Crippen LogP contribution < -0.4 is 14.4 Å². The molecule has 11 heteroatoms.